The van der Waals surface area contributed by atoms with E-state index in [0.717, 1.165) is 30.8 Å². The van der Waals surface area contributed by atoms with Gasteiger partial charge in [0.15, 0.2) is 0 Å². The van der Waals surface area contributed by atoms with Crippen LogP contribution >= 0.6 is 11.8 Å². The monoisotopic (exact) mass is 264 g/mol. The van der Waals surface area contributed by atoms with Crippen LogP contribution < -0.4 is 0 Å². The lowest BCUT2D eigenvalue weighted by Gasteiger charge is -2.41. The zero-order chi connectivity index (χ0) is 13.2. The van der Waals surface area contributed by atoms with Crippen LogP contribution in [0.2, 0.25) is 0 Å². The standard InChI is InChI=1S/C16H24OS/c1-4-13-5-7-14(8-6-13)9-16(17)10-15(2,3)11-18-12-16/h5-8,17H,4,9-12H2,1-3H3. The molecular weight excluding hydrogens is 240 g/mol. The minimum Gasteiger partial charge on any atom is -0.389 e. The van der Waals surface area contributed by atoms with Crippen LogP contribution in [0.1, 0.15) is 38.3 Å². The molecule has 1 aromatic carbocycles. The molecule has 100 valence electrons. The predicted octanol–water partition coefficient (Wildman–Crippen LogP) is 3.69. The van der Waals surface area contributed by atoms with Crippen LogP contribution in [0.15, 0.2) is 24.3 Å². The van der Waals surface area contributed by atoms with Crippen molar-refractivity contribution < 1.29 is 5.11 Å². The third-order valence-corrected chi connectivity index (χ3v) is 5.36. The van der Waals surface area contributed by atoms with Crippen molar-refractivity contribution in [3.05, 3.63) is 35.4 Å². The summed E-state index contributed by atoms with van der Waals surface area (Å²) in [5.41, 5.74) is 2.35. The van der Waals surface area contributed by atoms with E-state index in [1.807, 2.05) is 11.8 Å². The molecule has 1 fully saturated rings. The highest BCUT2D eigenvalue weighted by molar-refractivity contribution is 7.99. The fraction of sp³-hybridized carbons (Fsp3) is 0.625. The molecule has 2 rings (SSSR count). The molecule has 1 saturated heterocycles. The smallest absolute Gasteiger partial charge is 0.0783 e. The molecule has 1 atom stereocenters. The van der Waals surface area contributed by atoms with Gasteiger partial charge in [0.2, 0.25) is 0 Å². The highest BCUT2D eigenvalue weighted by Crippen LogP contribution is 2.40. The molecule has 0 saturated carbocycles. The van der Waals surface area contributed by atoms with E-state index in [0.29, 0.717) is 0 Å². The lowest BCUT2D eigenvalue weighted by molar-refractivity contribution is 0.0200. The van der Waals surface area contributed by atoms with Gasteiger partial charge >= 0.3 is 0 Å². The summed E-state index contributed by atoms with van der Waals surface area (Å²) in [4.78, 5) is 0. The number of hydrogen-bond acceptors (Lipinski definition) is 2. The van der Waals surface area contributed by atoms with Crippen molar-refractivity contribution in [3.63, 3.8) is 0 Å². The number of rotatable bonds is 3. The van der Waals surface area contributed by atoms with E-state index in [1.165, 1.54) is 11.1 Å². The number of hydrogen-bond donors (Lipinski definition) is 1. The number of benzene rings is 1. The fourth-order valence-corrected chi connectivity index (χ4v) is 4.24. The van der Waals surface area contributed by atoms with Crippen LogP contribution in [-0.2, 0) is 12.8 Å². The average molecular weight is 264 g/mol. The van der Waals surface area contributed by atoms with E-state index in [2.05, 4.69) is 45.0 Å². The molecule has 0 radical (unpaired) electrons. The topological polar surface area (TPSA) is 20.2 Å². The molecule has 1 nitrogen and oxygen atoms in total. The van der Waals surface area contributed by atoms with E-state index in [4.69, 9.17) is 0 Å². The normalized spacial score (nSPS) is 27.1. The summed E-state index contributed by atoms with van der Waals surface area (Å²) in [6.45, 7) is 6.68. The highest BCUT2D eigenvalue weighted by Gasteiger charge is 2.38. The van der Waals surface area contributed by atoms with Gasteiger partial charge < -0.3 is 5.11 Å². The maximum absolute atomic E-state index is 10.8. The van der Waals surface area contributed by atoms with Crippen LogP contribution in [0.3, 0.4) is 0 Å². The summed E-state index contributed by atoms with van der Waals surface area (Å²) in [5, 5.41) is 10.8. The summed E-state index contributed by atoms with van der Waals surface area (Å²) < 4.78 is 0. The summed E-state index contributed by atoms with van der Waals surface area (Å²) in [6, 6.07) is 8.70. The third-order valence-electron chi connectivity index (χ3n) is 3.64. The van der Waals surface area contributed by atoms with E-state index < -0.39 is 5.60 Å². The van der Waals surface area contributed by atoms with Crippen LogP contribution in [0.25, 0.3) is 0 Å². The summed E-state index contributed by atoms with van der Waals surface area (Å²) in [5.74, 6) is 2.02. The molecule has 2 heteroatoms. The average Bonchev–Trinajstić information content (AvgIpc) is 2.27. The van der Waals surface area contributed by atoms with Crippen molar-refractivity contribution in [2.75, 3.05) is 11.5 Å². The zero-order valence-electron chi connectivity index (χ0n) is 11.7. The molecule has 0 aliphatic carbocycles. The molecule has 1 aliphatic heterocycles. The molecule has 0 spiro atoms. The van der Waals surface area contributed by atoms with E-state index in [9.17, 15) is 5.11 Å². The first-order valence-electron chi connectivity index (χ1n) is 6.80. The Kier molecular flexibility index (Phi) is 4.08. The highest BCUT2D eigenvalue weighted by atomic mass is 32.2. The van der Waals surface area contributed by atoms with Gasteiger partial charge in [0, 0.05) is 12.2 Å². The SMILES string of the molecule is CCc1ccc(CC2(O)CSCC(C)(C)C2)cc1. The quantitative estimate of drug-likeness (QED) is 0.898. The Morgan fingerprint density at radius 2 is 1.72 bits per heavy atom. The molecule has 1 aromatic rings. The molecule has 0 aromatic heterocycles. The zero-order valence-corrected chi connectivity index (χ0v) is 12.5. The summed E-state index contributed by atoms with van der Waals surface area (Å²) >= 11 is 1.89. The van der Waals surface area contributed by atoms with E-state index >= 15 is 0 Å². The maximum Gasteiger partial charge on any atom is 0.0783 e. The molecular formula is C16H24OS. The van der Waals surface area contributed by atoms with Crippen molar-refractivity contribution in [1.82, 2.24) is 0 Å². The summed E-state index contributed by atoms with van der Waals surface area (Å²) in [6.07, 6.45) is 2.77. The molecule has 1 aliphatic rings. The van der Waals surface area contributed by atoms with Gasteiger partial charge in [-0.2, -0.15) is 11.8 Å². The maximum atomic E-state index is 10.8. The molecule has 1 N–H and O–H groups in total. The van der Waals surface area contributed by atoms with Crippen molar-refractivity contribution in [3.8, 4) is 0 Å². The van der Waals surface area contributed by atoms with Gasteiger partial charge in [-0.25, -0.2) is 0 Å². The molecule has 0 bridgehead atoms. The first-order valence-corrected chi connectivity index (χ1v) is 7.96. The van der Waals surface area contributed by atoms with E-state index in [1.54, 1.807) is 0 Å². The Morgan fingerprint density at radius 3 is 2.28 bits per heavy atom. The van der Waals surface area contributed by atoms with Gasteiger partial charge in [0.05, 0.1) is 5.60 Å². The van der Waals surface area contributed by atoms with Gasteiger partial charge in [-0.1, -0.05) is 45.0 Å². The molecule has 1 unspecified atom stereocenters. The Balaban J connectivity index is 2.07. The molecule has 1 heterocycles. The second-order valence-electron chi connectivity index (χ2n) is 6.40. The van der Waals surface area contributed by atoms with Gasteiger partial charge in [-0.05, 0) is 35.1 Å². The molecule has 18 heavy (non-hydrogen) atoms. The van der Waals surface area contributed by atoms with E-state index in [-0.39, 0.29) is 5.41 Å². The van der Waals surface area contributed by atoms with Crippen LogP contribution in [0.4, 0.5) is 0 Å². The van der Waals surface area contributed by atoms with Crippen molar-refractivity contribution >= 4 is 11.8 Å². The molecule has 0 amide bonds. The van der Waals surface area contributed by atoms with Gasteiger partial charge in [-0.3, -0.25) is 0 Å². The fourth-order valence-electron chi connectivity index (χ4n) is 2.90. The largest absolute Gasteiger partial charge is 0.389 e. The van der Waals surface area contributed by atoms with Crippen molar-refractivity contribution in [2.45, 2.75) is 45.6 Å². The van der Waals surface area contributed by atoms with Gasteiger partial charge in [0.1, 0.15) is 0 Å². The minimum atomic E-state index is -0.528. The Morgan fingerprint density at radius 1 is 1.11 bits per heavy atom. The minimum absolute atomic E-state index is 0.251. The summed E-state index contributed by atoms with van der Waals surface area (Å²) in [7, 11) is 0. The third kappa shape index (κ3) is 3.52. The van der Waals surface area contributed by atoms with Gasteiger partial charge in [-0.15, -0.1) is 0 Å². The van der Waals surface area contributed by atoms with Crippen LogP contribution in [0.5, 0.6) is 0 Å². The first-order chi connectivity index (χ1) is 8.42. The Labute approximate surface area is 115 Å². The second kappa shape index (κ2) is 5.26. The number of aliphatic hydroxyl groups is 1. The van der Waals surface area contributed by atoms with Crippen LogP contribution in [0, 0.1) is 5.41 Å². The number of aryl methyl sites for hydroxylation is 1. The second-order valence-corrected chi connectivity index (χ2v) is 7.39. The Hall–Kier alpha value is -0.470. The predicted molar refractivity (Wildman–Crippen MR) is 80.2 cm³/mol. The first kappa shape index (κ1) is 14.0. The van der Waals surface area contributed by atoms with Crippen molar-refractivity contribution in [1.29, 1.82) is 0 Å². The Bertz CT molecular complexity index is 396. The number of thioether (sulfide) groups is 1. The lowest BCUT2D eigenvalue weighted by atomic mass is 9.79. The van der Waals surface area contributed by atoms with Gasteiger partial charge in [0.25, 0.3) is 0 Å². The van der Waals surface area contributed by atoms with Crippen molar-refractivity contribution in [2.24, 2.45) is 5.41 Å². The lowest BCUT2D eigenvalue weighted by Crippen LogP contribution is -2.44. The van der Waals surface area contributed by atoms with Crippen LogP contribution in [-0.4, -0.2) is 22.2 Å².